The summed E-state index contributed by atoms with van der Waals surface area (Å²) < 4.78 is 27.8. The molecule has 0 bridgehead atoms. The first kappa shape index (κ1) is 20.0. The Morgan fingerprint density at radius 3 is 2.19 bits per heavy atom. The summed E-state index contributed by atoms with van der Waals surface area (Å²) in [4.78, 5) is 26.5. The molecule has 1 amide bonds. The first-order chi connectivity index (χ1) is 12.8. The van der Waals surface area contributed by atoms with Crippen LogP contribution in [0.2, 0.25) is 0 Å². The third-order valence-electron chi connectivity index (χ3n) is 5.70. The fraction of sp³-hybridized carbons (Fsp3) is 0.600. The zero-order valence-corrected chi connectivity index (χ0v) is 16.9. The maximum absolute atomic E-state index is 13.2. The number of piperidine rings is 2. The largest absolute Gasteiger partial charge is 0.341 e. The molecule has 2 aliphatic heterocycles. The minimum absolute atomic E-state index is 0.0643. The van der Waals surface area contributed by atoms with Crippen LogP contribution in [0.25, 0.3) is 0 Å². The Morgan fingerprint density at radius 2 is 1.59 bits per heavy atom. The molecular weight excluding hydrogens is 364 g/mol. The fourth-order valence-corrected chi connectivity index (χ4v) is 5.53. The second-order valence-corrected chi connectivity index (χ2v) is 9.61. The Kier molecular flexibility index (Phi) is 6.01. The molecule has 1 unspecified atom stereocenters. The average Bonchev–Trinajstić information content (AvgIpc) is 2.68. The molecule has 6 nitrogen and oxygen atoms in total. The maximum atomic E-state index is 13.2. The van der Waals surface area contributed by atoms with Crippen molar-refractivity contribution in [2.75, 3.05) is 19.6 Å². The molecule has 2 heterocycles. The van der Waals surface area contributed by atoms with E-state index in [4.69, 9.17) is 0 Å². The molecule has 1 aromatic carbocycles. The van der Waals surface area contributed by atoms with Gasteiger partial charge in [-0.2, -0.15) is 4.31 Å². The first-order valence-electron chi connectivity index (χ1n) is 9.72. The molecule has 0 aromatic heterocycles. The van der Waals surface area contributed by atoms with E-state index in [9.17, 15) is 18.0 Å². The van der Waals surface area contributed by atoms with Gasteiger partial charge in [0.25, 0.3) is 0 Å². The van der Waals surface area contributed by atoms with E-state index in [0.29, 0.717) is 37.5 Å². The van der Waals surface area contributed by atoms with Gasteiger partial charge in [-0.1, -0.05) is 25.5 Å². The lowest BCUT2D eigenvalue weighted by Crippen LogP contribution is -2.54. The van der Waals surface area contributed by atoms with Crippen molar-refractivity contribution in [2.45, 2.75) is 56.9 Å². The van der Waals surface area contributed by atoms with Crippen LogP contribution in [0.3, 0.4) is 0 Å². The lowest BCUT2D eigenvalue weighted by Gasteiger charge is -2.38. The highest BCUT2D eigenvalue weighted by molar-refractivity contribution is 7.89. The quantitative estimate of drug-likeness (QED) is 0.739. The van der Waals surface area contributed by atoms with E-state index < -0.39 is 16.1 Å². The van der Waals surface area contributed by atoms with Gasteiger partial charge in [-0.25, -0.2) is 8.42 Å². The normalized spacial score (nSPS) is 22.6. The van der Waals surface area contributed by atoms with E-state index in [1.54, 1.807) is 0 Å². The molecule has 2 aliphatic rings. The highest BCUT2D eigenvalue weighted by Gasteiger charge is 2.39. The number of hydrogen-bond donors (Lipinski definition) is 0. The summed E-state index contributed by atoms with van der Waals surface area (Å²) in [5, 5.41) is 0. The Hall–Kier alpha value is -1.73. The molecule has 7 heteroatoms. The van der Waals surface area contributed by atoms with Gasteiger partial charge >= 0.3 is 0 Å². The SMILES string of the molecule is CC(=O)c1ccc(S(=O)(=O)N2CCCCC2C(=O)N2CCC(C)CC2)cc1. The smallest absolute Gasteiger partial charge is 0.243 e. The number of sulfonamides is 1. The number of benzene rings is 1. The fourth-order valence-electron chi connectivity index (χ4n) is 3.88. The number of likely N-dealkylation sites (tertiary alicyclic amines) is 1. The van der Waals surface area contributed by atoms with Crippen LogP contribution >= 0.6 is 0 Å². The van der Waals surface area contributed by atoms with Gasteiger partial charge in [-0.05, 0) is 50.7 Å². The average molecular weight is 393 g/mol. The predicted molar refractivity (Wildman–Crippen MR) is 103 cm³/mol. The van der Waals surface area contributed by atoms with Gasteiger partial charge in [-0.3, -0.25) is 9.59 Å². The Morgan fingerprint density at radius 1 is 0.963 bits per heavy atom. The van der Waals surface area contributed by atoms with E-state index >= 15 is 0 Å². The number of hydrogen-bond acceptors (Lipinski definition) is 4. The molecule has 2 saturated heterocycles. The lowest BCUT2D eigenvalue weighted by atomic mass is 9.97. The van der Waals surface area contributed by atoms with Gasteiger partial charge < -0.3 is 4.90 Å². The predicted octanol–water partition coefficient (Wildman–Crippen LogP) is 2.69. The van der Waals surface area contributed by atoms with Crippen LogP contribution in [-0.4, -0.2) is 55.0 Å². The molecular formula is C20H28N2O4S. The topological polar surface area (TPSA) is 74.8 Å². The van der Waals surface area contributed by atoms with Gasteiger partial charge in [0.05, 0.1) is 4.90 Å². The van der Waals surface area contributed by atoms with Crippen molar-refractivity contribution in [1.82, 2.24) is 9.21 Å². The number of Topliss-reactive ketones (excluding diaryl/α,β-unsaturated/α-hetero) is 1. The summed E-state index contributed by atoms with van der Waals surface area (Å²) in [6.07, 6.45) is 4.12. The molecule has 27 heavy (non-hydrogen) atoms. The van der Waals surface area contributed by atoms with Crippen molar-refractivity contribution in [2.24, 2.45) is 5.92 Å². The minimum atomic E-state index is -3.77. The standard InChI is InChI=1S/C20H28N2O4S/c1-15-10-13-21(14-11-15)20(24)19-5-3-4-12-22(19)27(25,26)18-8-6-17(7-9-18)16(2)23/h6-9,15,19H,3-5,10-14H2,1-2H3. The van der Waals surface area contributed by atoms with E-state index in [0.717, 1.165) is 25.7 Å². The van der Waals surface area contributed by atoms with Gasteiger partial charge in [0.15, 0.2) is 5.78 Å². The van der Waals surface area contributed by atoms with E-state index in [2.05, 4.69) is 6.92 Å². The summed E-state index contributed by atoms with van der Waals surface area (Å²) in [5.74, 6) is 0.440. The van der Waals surface area contributed by atoms with Crippen molar-refractivity contribution in [3.05, 3.63) is 29.8 Å². The number of rotatable bonds is 4. The summed E-state index contributed by atoms with van der Waals surface area (Å²) >= 11 is 0. The van der Waals surface area contributed by atoms with Crippen molar-refractivity contribution in [3.63, 3.8) is 0 Å². The number of ketones is 1. The van der Waals surface area contributed by atoms with Crippen LogP contribution in [0.15, 0.2) is 29.2 Å². The molecule has 1 aromatic rings. The molecule has 148 valence electrons. The molecule has 0 N–H and O–H groups in total. The molecule has 0 aliphatic carbocycles. The van der Waals surface area contributed by atoms with Gasteiger partial charge in [0.2, 0.25) is 15.9 Å². The molecule has 0 spiro atoms. The number of carbonyl (C=O) groups is 2. The van der Waals surface area contributed by atoms with Crippen LogP contribution < -0.4 is 0 Å². The summed E-state index contributed by atoms with van der Waals surface area (Å²) in [6, 6.07) is 5.37. The van der Waals surface area contributed by atoms with Crippen LogP contribution in [-0.2, 0) is 14.8 Å². The van der Waals surface area contributed by atoms with Crippen LogP contribution in [0.1, 0.15) is 56.3 Å². The van der Waals surface area contributed by atoms with E-state index in [1.807, 2.05) is 4.90 Å². The molecule has 3 rings (SSSR count). The highest BCUT2D eigenvalue weighted by atomic mass is 32.2. The summed E-state index contributed by atoms with van der Waals surface area (Å²) in [5.41, 5.74) is 0.475. The van der Waals surface area contributed by atoms with Crippen LogP contribution in [0, 0.1) is 5.92 Å². The Labute approximate surface area is 161 Å². The van der Waals surface area contributed by atoms with Crippen molar-refractivity contribution in [1.29, 1.82) is 0 Å². The number of nitrogens with zero attached hydrogens (tertiary/aromatic N) is 2. The monoisotopic (exact) mass is 392 g/mol. The summed E-state index contributed by atoms with van der Waals surface area (Å²) in [6.45, 7) is 5.40. The van der Waals surface area contributed by atoms with Crippen molar-refractivity contribution < 1.29 is 18.0 Å². The van der Waals surface area contributed by atoms with Gasteiger partial charge in [0, 0.05) is 25.2 Å². The zero-order chi connectivity index (χ0) is 19.6. The van der Waals surface area contributed by atoms with E-state index in [-0.39, 0.29) is 16.6 Å². The second-order valence-electron chi connectivity index (χ2n) is 7.72. The Balaban J connectivity index is 1.83. The highest BCUT2D eigenvalue weighted by Crippen LogP contribution is 2.28. The summed E-state index contributed by atoms with van der Waals surface area (Å²) in [7, 11) is -3.77. The molecule has 0 saturated carbocycles. The molecule has 0 radical (unpaired) electrons. The molecule has 2 fully saturated rings. The third kappa shape index (κ3) is 4.24. The van der Waals surface area contributed by atoms with Crippen molar-refractivity contribution in [3.8, 4) is 0 Å². The molecule has 1 atom stereocenters. The van der Waals surface area contributed by atoms with Gasteiger partial charge in [0.1, 0.15) is 6.04 Å². The minimum Gasteiger partial charge on any atom is -0.341 e. The van der Waals surface area contributed by atoms with Crippen LogP contribution in [0.5, 0.6) is 0 Å². The second kappa shape index (κ2) is 8.10. The Bertz CT molecular complexity index is 796. The maximum Gasteiger partial charge on any atom is 0.243 e. The van der Waals surface area contributed by atoms with Crippen LogP contribution in [0.4, 0.5) is 0 Å². The van der Waals surface area contributed by atoms with Crippen molar-refractivity contribution >= 4 is 21.7 Å². The lowest BCUT2D eigenvalue weighted by molar-refractivity contribution is -0.137. The van der Waals surface area contributed by atoms with Gasteiger partial charge in [-0.15, -0.1) is 0 Å². The zero-order valence-electron chi connectivity index (χ0n) is 16.1. The first-order valence-corrected chi connectivity index (χ1v) is 11.2. The third-order valence-corrected chi connectivity index (χ3v) is 7.62. The van der Waals surface area contributed by atoms with E-state index in [1.165, 1.54) is 35.5 Å². The number of carbonyl (C=O) groups excluding carboxylic acids is 2. The number of amides is 1.